The smallest absolute Gasteiger partial charge is 0.394 e. The second kappa shape index (κ2) is 6.55. The van der Waals surface area contributed by atoms with Gasteiger partial charge in [0.05, 0.1) is 5.57 Å². The number of ether oxygens (including phenoxy) is 1. The van der Waals surface area contributed by atoms with Crippen molar-refractivity contribution in [3.8, 4) is 0 Å². The molecule has 0 radical (unpaired) electrons. The summed E-state index contributed by atoms with van der Waals surface area (Å²) in [5.74, 6) is -0.798. The number of amides is 1. The number of hydrogen-bond acceptors (Lipinski definition) is 4. The number of halogens is 3. The third-order valence-electron chi connectivity index (χ3n) is 2.88. The van der Waals surface area contributed by atoms with Crippen LogP contribution in [0, 0.1) is 11.3 Å². The van der Waals surface area contributed by atoms with Gasteiger partial charge in [0.25, 0.3) is 5.91 Å². The third-order valence-corrected chi connectivity index (χ3v) is 2.88. The quantitative estimate of drug-likeness (QED) is 0.529. The fourth-order valence-corrected chi connectivity index (χ4v) is 1.70. The van der Waals surface area contributed by atoms with Gasteiger partial charge in [0.15, 0.2) is 0 Å². The van der Waals surface area contributed by atoms with Crippen molar-refractivity contribution in [2.75, 3.05) is 19.8 Å². The van der Waals surface area contributed by atoms with Gasteiger partial charge in [-0.25, -0.2) is 0 Å². The fraction of sp³-hybridized carbons (Fsp3) is 0.636. The summed E-state index contributed by atoms with van der Waals surface area (Å²) in [6.45, 7) is 1.42. The number of carbonyl (C=O) groups excluding carboxylic acids is 1. The molecule has 0 spiro atoms. The highest BCUT2D eigenvalue weighted by Crippen LogP contribution is 2.23. The molecule has 1 aliphatic heterocycles. The molecule has 1 saturated heterocycles. The van der Waals surface area contributed by atoms with Gasteiger partial charge in [-0.05, 0) is 18.8 Å². The van der Waals surface area contributed by atoms with Gasteiger partial charge < -0.3 is 21.2 Å². The van der Waals surface area contributed by atoms with Gasteiger partial charge in [0.2, 0.25) is 0 Å². The van der Waals surface area contributed by atoms with Crippen molar-refractivity contribution in [2.45, 2.75) is 19.0 Å². The van der Waals surface area contributed by atoms with Crippen molar-refractivity contribution in [3.63, 3.8) is 0 Å². The molecule has 0 aromatic rings. The van der Waals surface area contributed by atoms with Gasteiger partial charge in [0, 0.05) is 26.0 Å². The van der Waals surface area contributed by atoms with Gasteiger partial charge in [-0.2, -0.15) is 13.2 Å². The van der Waals surface area contributed by atoms with Crippen LogP contribution < -0.4 is 11.1 Å². The van der Waals surface area contributed by atoms with E-state index in [1.807, 2.05) is 0 Å². The largest absolute Gasteiger partial charge is 0.431 e. The minimum Gasteiger partial charge on any atom is -0.394 e. The minimum absolute atomic E-state index is 0.178. The molecule has 1 heterocycles. The maximum absolute atomic E-state index is 12.4. The van der Waals surface area contributed by atoms with E-state index >= 15 is 0 Å². The number of nitrogens with two attached hydrogens (primary N) is 1. The second-order valence-corrected chi connectivity index (χ2v) is 4.24. The monoisotopic (exact) mass is 279 g/mol. The lowest BCUT2D eigenvalue weighted by Gasteiger charge is -2.22. The average molecular weight is 279 g/mol. The molecule has 1 aliphatic rings. The number of nitrogens with one attached hydrogen (secondary N) is 2. The summed E-state index contributed by atoms with van der Waals surface area (Å²) in [6, 6.07) is 0. The SMILES string of the molecule is N=C/C(C(=O)NCC1CCOCC1)=C(\N)C(F)(F)F. The van der Waals surface area contributed by atoms with Gasteiger partial charge in [0.1, 0.15) is 5.70 Å². The molecule has 1 fully saturated rings. The first-order valence-electron chi connectivity index (χ1n) is 5.79. The average Bonchev–Trinajstić information content (AvgIpc) is 2.37. The van der Waals surface area contributed by atoms with Crippen molar-refractivity contribution in [3.05, 3.63) is 11.3 Å². The molecule has 0 aromatic carbocycles. The first-order valence-corrected chi connectivity index (χ1v) is 5.79. The Balaban J connectivity index is 2.62. The van der Waals surface area contributed by atoms with E-state index in [0.717, 1.165) is 12.8 Å². The molecule has 4 N–H and O–H groups in total. The van der Waals surface area contributed by atoms with E-state index in [1.165, 1.54) is 0 Å². The van der Waals surface area contributed by atoms with E-state index in [-0.39, 0.29) is 12.5 Å². The first kappa shape index (κ1) is 15.5. The highest BCUT2D eigenvalue weighted by atomic mass is 19.4. The summed E-state index contributed by atoms with van der Waals surface area (Å²) in [5, 5.41) is 9.25. The molecular formula is C11H16F3N3O2. The summed E-state index contributed by atoms with van der Waals surface area (Å²) in [5.41, 5.74) is 2.43. The molecule has 0 aliphatic carbocycles. The van der Waals surface area contributed by atoms with Crippen LogP contribution in [0.25, 0.3) is 0 Å². The summed E-state index contributed by atoms with van der Waals surface area (Å²) in [6.07, 6.45) is -3.00. The Hall–Kier alpha value is -1.57. The number of hydrogen-bond donors (Lipinski definition) is 3. The molecule has 108 valence electrons. The lowest BCUT2D eigenvalue weighted by Crippen LogP contribution is -2.36. The highest BCUT2D eigenvalue weighted by Gasteiger charge is 2.35. The van der Waals surface area contributed by atoms with Gasteiger partial charge in [-0.15, -0.1) is 0 Å². The van der Waals surface area contributed by atoms with Crippen molar-refractivity contribution >= 4 is 12.1 Å². The zero-order valence-corrected chi connectivity index (χ0v) is 10.2. The topological polar surface area (TPSA) is 88.2 Å². The number of alkyl halides is 3. The van der Waals surface area contributed by atoms with Gasteiger partial charge in [-0.3, -0.25) is 4.79 Å². The zero-order chi connectivity index (χ0) is 14.5. The second-order valence-electron chi connectivity index (χ2n) is 4.24. The van der Waals surface area contributed by atoms with E-state index in [9.17, 15) is 18.0 Å². The Morgan fingerprint density at radius 1 is 1.42 bits per heavy atom. The highest BCUT2D eigenvalue weighted by molar-refractivity contribution is 6.12. The van der Waals surface area contributed by atoms with Crippen LogP contribution >= 0.6 is 0 Å². The van der Waals surface area contributed by atoms with E-state index in [0.29, 0.717) is 19.4 Å². The maximum Gasteiger partial charge on any atom is 0.431 e. The first-order chi connectivity index (χ1) is 8.86. The fourth-order valence-electron chi connectivity index (χ4n) is 1.70. The Bertz CT molecular complexity index is 374. The summed E-state index contributed by atoms with van der Waals surface area (Å²) >= 11 is 0. The van der Waals surface area contributed by atoms with E-state index in [1.54, 1.807) is 0 Å². The lowest BCUT2D eigenvalue weighted by atomic mass is 10.0. The molecule has 0 aromatic heterocycles. The predicted molar refractivity (Wildman–Crippen MR) is 62.6 cm³/mol. The molecule has 19 heavy (non-hydrogen) atoms. The van der Waals surface area contributed by atoms with Crippen molar-refractivity contribution in [1.82, 2.24) is 5.32 Å². The van der Waals surface area contributed by atoms with Crippen molar-refractivity contribution < 1.29 is 22.7 Å². The normalized spacial score (nSPS) is 18.7. The van der Waals surface area contributed by atoms with Gasteiger partial charge >= 0.3 is 6.18 Å². The van der Waals surface area contributed by atoms with Crippen LogP contribution in [0.5, 0.6) is 0 Å². The zero-order valence-electron chi connectivity index (χ0n) is 10.2. The summed E-state index contributed by atoms with van der Waals surface area (Å²) < 4.78 is 42.2. The van der Waals surface area contributed by atoms with Gasteiger partial charge in [-0.1, -0.05) is 0 Å². The van der Waals surface area contributed by atoms with Crippen molar-refractivity contribution in [1.29, 1.82) is 5.41 Å². The Labute approximate surface area is 108 Å². The standard InChI is InChI=1S/C11H16F3N3O2/c12-11(13,14)9(16)8(5-15)10(18)17-6-7-1-3-19-4-2-7/h5,7,15H,1-4,6,16H2,(H,17,18)/b9-8+,15-5?. The molecule has 0 atom stereocenters. The van der Waals surface area contributed by atoms with Crippen LogP contribution in [-0.2, 0) is 9.53 Å². The molecular weight excluding hydrogens is 263 g/mol. The van der Waals surface area contributed by atoms with Crippen LogP contribution in [0.15, 0.2) is 11.3 Å². The maximum atomic E-state index is 12.4. The predicted octanol–water partition coefficient (Wildman–Crippen LogP) is 0.954. The van der Waals surface area contributed by atoms with Crippen LogP contribution in [0.2, 0.25) is 0 Å². The Morgan fingerprint density at radius 3 is 2.47 bits per heavy atom. The van der Waals surface area contributed by atoms with Crippen molar-refractivity contribution in [2.24, 2.45) is 11.7 Å². The molecule has 1 amide bonds. The summed E-state index contributed by atoms with van der Waals surface area (Å²) in [4.78, 5) is 11.6. The van der Waals surface area contributed by atoms with Crippen LogP contribution in [0.1, 0.15) is 12.8 Å². The third kappa shape index (κ3) is 4.55. The number of carbonyl (C=O) groups is 1. The van der Waals surface area contributed by atoms with Crippen LogP contribution in [0.4, 0.5) is 13.2 Å². The molecule has 1 rings (SSSR count). The van der Waals surface area contributed by atoms with E-state index < -0.39 is 23.4 Å². The molecule has 0 saturated carbocycles. The number of rotatable bonds is 4. The molecule has 0 unspecified atom stereocenters. The lowest BCUT2D eigenvalue weighted by molar-refractivity contribution is -0.119. The molecule has 0 bridgehead atoms. The minimum atomic E-state index is -4.82. The van der Waals surface area contributed by atoms with Crippen LogP contribution in [0.3, 0.4) is 0 Å². The molecule has 5 nitrogen and oxygen atoms in total. The van der Waals surface area contributed by atoms with E-state index in [2.05, 4.69) is 5.32 Å². The van der Waals surface area contributed by atoms with Crippen LogP contribution in [-0.4, -0.2) is 38.1 Å². The summed E-state index contributed by atoms with van der Waals surface area (Å²) in [7, 11) is 0. The number of allylic oxidation sites excluding steroid dienone is 1. The molecule has 8 heteroatoms. The Morgan fingerprint density at radius 2 is 2.00 bits per heavy atom. The van der Waals surface area contributed by atoms with E-state index in [4.69, 9.17) is 15.9 Å². The Kier molecular flexibility index (Phi) is 5.34.